The molecule has 2 N–H and O–H groups in total. The third kappa shape index (κ3) is 4.67. The molecule has 16 heavy (non-hydrogen) atoms. The van der Waals surface area contributed by atoms with Crippen LogP contribution in [0.25, 0.3) is 0 Å². The van der Waals surface area contributed by atoms with Crippen LogP contribution in [0.5, 0.6) is 0 Å². The van der Waals surface area contributed by atoms with E-state index in [1.807, 2.05) is 0 Å². The summed E-state index contributed by atoms with van der Waals surface area (Å²) in [5.74, 6) is 0. The van der Waals surface area contributed by atoms with E-state index in [4.69, 9.17) is 5.73 Å². The standard InChI is InChI=1S/C14H24N2/c1-12-6-8-13(9-7-12)16(4)11-5-10-14(2,3)15/h6-9H,5,10-11,15H2,1-4H3. The number of hydrogen-bond acceptors (Lipinski definition) is 2. The maximum Gasteiger partial charge on any atom is 0.0363 e. The van der Waals surface area contributed by atoms with Crippen LogP contribution in [-0.2, 0) is 0 Å². The van der Waals surface area contributed by atoms with Gasteiger partial charge in [-0.25, -0.2) is 0 Å². The number of nitrogens with zero attached hydrogens (tertiary/aromatic N) is 1. The third-order valence-corrected chi connectivity index (χ3v) is 2.79. The Hall–Kier alpha value is -1.02. The predicted octanol–water partition coefficient (Wildman–Crippen LogP) is 2.95. The van der Waals surface area contributed by atoms with Crippen LogP contribution in [0.3, 0.4) is 0 Å². The summed E-state index contributed by atoms with van der Waals surface area (Å²) in [7, 11) is 2.13. The topological polar surface area (TPSA) is 29.3 Å². The zero-order valence-electron chi connectivity index (χ0n) is 11.0. The first-order chi connectivity index (χ1) is 7.38. The Labute approximate surface area is 99.5 Å². The Morgan fingerprint density at radius 2 is 1.75 bits per heavy atom. The van der Waals surface area contributed by atoms with Crippen molar-refractivity contribution in [2.24, 2.45) is 5.73 Å². The summed E-state index contributed by atoms with van der Waals surface area (Å²) in [4.78, 5) is 2.28. The minimum Gasteiger partial charge on any atom is -0.375 e. The van der Waals surface area contributed by atoms with Crippen LogP contribution in [0.4, 0.5) is 5.69 Å². The molecule has 1 aromatic rings. The van der Waals surface area contributed by atoms with Gasteiger partial charge in [0.25, 0.3) is 0 Å². The molecular formula is C14H24N2. The molecular weight excluding hydrogens is 196 g/mol. The van der Waals surface area contributed by atoms with E-state index in [9.17, 15) is 0 Å². The highest BCUT2D eigenvalue weighted by molar-refractivity contribution is 5.46. The fraction of sp³-hybridized carbons (Fsp3) is 0.571. The number of anilines is 1. The highest BCUT2D eigenvalue weighted by Crippen LogP contribution is 2.15. The zero-order chi connectivity index (χ0) is 12.2. The van der Waals surface area contributed by atoms with Crippen molar-refractivity contribution in [1.29, 1.82) is 0 Å². The van der Waals surface area contributed by atoms with Gasteiger partial charge >= 0.3 is 0 Å². The molecule has 0 fully saturated rings. The largest absolute Gasteiger partial charge is 0.375 e. The lowest BCUT2D eigenvalue weighted by Gasteiger charge is -2.23. The van der Waals surface area contributed by atoms with Crippen molar-refractivity contribution >= 4 is 5.69 Å². The van der Waals surface area contributed by atoms with E-state index in [1.54, 1.807) is 0 Å². The van der Waals surface area contributed by atoms with Gasteiger partial charge in [-0.1, -0.05) is 17.7 Å². The van der Waals surface area contributed by atoms with E-state index in [0.717, 1.165) is 19.4 Å². The number of rotatable bonds is 5. The van der Waals surface area contributed by atoms with Crippen LogP contribution >= 0.6 is 0 Å². The molecule has 2 heteroatoms. The van der Waals surface area contributed by atoms with Crippen LogP contribution in [0, 0.1) is 6.92 Å². The first-order valence-corrected chi connectivity index (χ1v) is 5.95. The van der Waals surface area contributed by atoms with Gasteiger partial charge in [0, 0.05) is 24.8 Å². The van der Waals surface area contributed by atoms with Crippen molar-refractivity contribution in [2.75, 3.05) is 18.5 Å². The Kier molecular flexibility index (Phi) is 4.36. The first-order valence-electron chi connectivity index (χ1n) is 5.95. The van der Waals surface area contributed by atoms with Gasteiger partial charge in [-0.05, 0) is 45.7 Å². The third-order valence-electron chi connectivity index (χ3n) is 2.79. The normalized spacial score (nSPS) is 11.6. The number of benzene rings is 1. The highest BCUT2D eigenvalue weighted by atomic mass is 15.1. The van der Waals surface area contributed by atoms with Gasteiger partial charge in [0.1, 0.15) is 0 Å². The highest BCUT2D eigenvalue weighted by Gasteiger charge is 2.10. The summed E-state index contributed by atoms with van der Waals surface area (Å²) in [6.45, 7) is 7.34. The summed E-state index contributed by atoms with van der Waals surface area (Å²) < 4.78 is 0. The van der Waals surface area contributed by atoms with Crippen LogP contribution < -0.4 is 10.6 Å². The lowest BCUT2D eigenvalue weighted by molar-refractivity contribution is 0.460. The fourth-order valence-electron chi connectivity index (χ4n) is 1.70. The molecule has 0 saturated heterocycles. The molecule has 0 spiro atoms. The molecule has 0 aromatic heterocycles. The van der Waals surface area contributed by atoms with Crippen LogP contribution in [0.15, 0.2) is 24.3 Å². The van der Waals surface area contributed by atoms with Crippen molar-refractivity contribution in [3.63, 3.8) is 0 Å². The van der Waals surface area contributed by atoms with E-state index in [1.165, 1.54) is 11.3 Å². The van der Waals surface area contributed by atoms with Crippen molar-refractivity contribution in [1.82, 2.24) is 0 Å². The van der Waals surface area contributed by atoms with Gasteiger partial charge in [-0.3, -0.25) is 0 Å². The van der Waals surface area contributed by atoms with E-state index < -0.39 is 0 Å². The summed E-state index contributed by atoms with van der Waals surface area (Å²) >= 11 is 0. The first kappa shape index (κ1) is 13.0. The molecule has 0 saturated carbocycles. The van der Waals surface area contributed by atoms with Gasteiger partial charge in [0.15, 0.2) is 0 Å². The smallest absolute Gasteiger partial charge is 0.0363 e. The molecule has 0 aliphatic heterocycles. The molecule has 1 aromatic carbocycles. The Balaban J connectivity index is 2.41. The minimum atomic E-state index is -0.0475. The average Bonchev–Trinajstić information content (AvgIpc) is 2.16. The van der Waals surface area contributed by atoms with E-state index in [-0.39, 0.29) is 5.54 Å². The quantitative estimate of drug-likeness (QED) is 0.826. The molecule has 0 bridgehead atoms. The zero-order valence-corrected chi connectivity index (χ0v) is 11.0. The van der Waals surface area contributed by atoms with Gasteiger partial charge in [0.05, 0.1) is 0 Å². The molecule has 90 valence electrons. The Morgan fingerprint density at radius 3 is 2.25 bits per heavy atom. The van der Waals surface area contributed by atoms with Crippen molar-refractivity contribution in [3.8, 4) is 0 Å². The van der Waals surface area contributed by atoms with Crippen molar-refractivity contribution in [3.05, 3.63) is 29.8 Å². The lowest BCUT2D eigenvalue weighted by Crippen LogP contribution is -2.33. The summed E-state index contributed by atoms with van der Waals surface area (Å²) in [6, 6.07) is 8.64. The van der Waals surface area contributed by atoms with Gasteiger partial charge in [-0.2, -0.15) is 0 Å². The second-order valence-electron chi connectivity index (χ2n) is 5.35. The van der Waals surface area contributed by atoms with Crippen molar-refractivity contribution < 1.29 is 0 Å². The monoisotopic (exact) mass is 220 g/mol. The number of hydrogen-bond donors (Lipinski definition) is 1. The molecule has 0 radical (unpaired) electrons. The van der Waals surface area contributed by atoms with Crippen LogP contribution in [0.1, 0.15) is 32.3 Å². The van der Waals surface area contributed by atoms with Gasteiger partial charge in [-0.15, -0.1) is 0 Å². The summed E-state index contributed by atoms with van der Waals surface area (Å²) in [5, 5.41) is 0. The Bertz CT molecular complexity index is 309. The van der Waals surface area contributed by atoms with Crippen molar-refractivity contribution in [2.45, 2.75) is 39.2 Å². The second-order valence-corrected chi connectivity index (χ2v) is 5.35. The minimum absolute atomic E-state index is 0.0475. The average molecular weight is 220 g/mol. The molecule has 1 rings (SSSR count). The lowest BCUT2D eigenvalue weighted by atomic mass is 10.00. The Morgan fingerprint density at radius 1 is 1.19 bits per heavy atom. The maximum atomic E-state index is 5.96. The number of aryl methyl sites for hydroxylation is 1. The van der Waals surface area contributed by atoms with Crippen LogP contribution in [0.2, 0.25) is 0 Å². The predicted molar refractivity (Wildman–Crippen MR) is 71.9 cm³/mol. The molecule has 0 aliphatic rings. The fourth-order valence-corrected chi connectivity index (χ4v) is 1.70. The SMILES string of the molecule is Cc1ccc(N(C)CCCC(C)(C)N)cc1. The molecule has 0 aliphatic carbocycles. The van der Waals surface area contributed by atoms with Crippen LogP contribution in [-0.4, -0.2) is 19.1 Å². The molecule has 0 amide bonds. The molecule has 0 unspecified atom stereocenters. The number of nitrogens with two attached hydrogens (primary N) is 1. The van der Waals surface area contributed by atoms with Gasteiger partial charge < -0.3 is 10.6 Å². The van der Waals surface area contributed by atoms with E-state index in [0.29, 0.717) is 0 Å². The molecule has 0 heterocycles. The summed E-state index contributed by atoms with van der Waals surface area (Å²) in [6.07, 6.45) is 2.19. The van der Waals surface area contributed by atoms with E-state index in [2.05, 4.69) is 57.0 Å². The maximum absolute atomic E-state index is 5.96. The van der Waals surface area contributed by atoms with E-state index >= 15 is 0 Å². The second kappa shape index (κ2) is 5.35. The molecule has 2 nitrogen and oxygen atoms in total. The summed E-state index contributed by atoms with van der Waals surface area (Å²) in [5.41, 5.74) is 8.50. The molecule has 0 atom stereocenters. The van der Waals surface area contributed by atoms with Gasteiger partial charge in [0.2, 0.25) is 0 Å².